The highest BCUT2D eigenvalue weighted by Gasteiger charge is 2.36. The maximum absolute atomic E-state index is 12.2. The van der Waals surface area contributed by atoms with Crippen LogP contribution in [-0.4, -0.2) is 47.2 Å². The molecule has 0 aromatic heterocycles. The van der Waals surface area contributed by atoms with Gasteiger partial charge in [0.2, 0.25) is 5.91 Å². The second-order valence-electron chi connectivity index (χ2n) is 6.25. The number of nitrogens with zero attached hydrogens (tertiary/aromatic N) is 1. The zero-order valence-electron chi connectivity index (χ0n) is 11.0. The Morgan fingerprint density at radius 3 is 2.78 bits per heavy atom. The Kier molecular flexibility index (Phi) is 3.57. The van der Waals surface area contributed by atoms with Crippen molar-refractivity contribution < 1.29 is 9.90 Å². The van der Waals surface area contributed by atoms with Crippen molar-refractivity contribution in [2.45, 2.75) is 63.1 Å². The number of aliphatic hydroxyl groups is 1. The zero-order chi connectivity index (χ0) is 12.5. The van der Waals surface area contributed by atoms with Crippen molar-refractivity contribution in [2.75, 3.05) is 13.1 Å². The largest absolute Gasteiger partial charge is 0.393 e. The van der Waals surface area contributed by atoms with Crippen LogP contribution >= 0.6 is 0 Å². The standard InChI is InChI=1S/C14H24N2O2/c17-12-3-1-2-10(8-12)9-16-7-6-13(14(16)18)15-11-4-5-11/h10-13,15,17H,1-9H2. The number of nitrogens with one attached hydrogen (secondary N) is 1. The first-order valence-electron chi connectivity index (χ1n) is 7.45. The lowest BCUT2D eigenvalue weighted by molar-refractivity contribution is -0.130. The second-order valence-corrected chi connectivity index (χ2v) is 6.25. The van der Waals surface area contributed by atoms with Crippen molar-refractivity contribution in [3.05, 3.63) is 0 Å². The molecule has 4 nitrogen and oxygen atoms in total. The molecule has 0 aromatic rings. The van der Waals surface area contributed by atoms with Crippen LogP contribution in [0.4, 0.5) is 0 Å². The van der Waals surface area contributed by atoms with E-state index in [4.69, 9.17) is 0 Å². The molecular formula is C14H24N2O2. The molecule has 0 radical (unpaired) electrons. The van der Waals surface area contributed by atoms with Crippen LogP contribution in [0.25, 0.3) is 0 Å². The van der Waals surface area contributed by atoms with Crippen LogP contribution in [0, 0.1) is 5.92 Å². The van der Waals surface area contributed by atoms with Gasteiger partial charge in [-0.05, 0) is 44.4 Å². The molecule has 2 saturated carbocycles. The molecule has 0 bridgehead atoms. The van der Waals surface area contributed by atoms with E-state index in [0.717, 1.165) is 38.8 Å². The molecule has 1 aliphatic heterocycles. The fourth-order valence-electron chi connectivity index (χ4n) is 3.35. The summed E-state index contributed by atoms with van der Waals surface area (Å²) in [5.74, 6) is 0.805. The quantitative estimate of drug-likeness (QED) is 0.781. The summed E-state index contributed by atoms with van der Waals surface area (Å²) >= 11 is 0. The van der Waals surface area contributed by atoms with Gasteiger partial charge in [0.25, 0.3) is 0 Å². The van der Waals surface area contributed by atoms with Crippen LogP contribution in [0.15, 0.2) is 0 Å². The summed E-state index contributed by atoms with van der Waals surface area (Å²) in [6.45, 7) is 1.76. The third-order valence-electron chi connectivity index (χ3n) is 4.55. The molecule has 18 heavy (non-hydrogen) atoms. The molecule has 1 heterocycles. The van der Waals surface area contributed by atoms with Gasteiger partial charge in [0.05, 0.1) is 12.1 Å². The lowest BCUT2D eigenvalue weighted by atomic mass is 9.87. The van der Waals surface area contributed by atoms with E-state index < -0.39 is 0 Å². The molecule has 3 fully saturated rings. The molecule has 3 aliphatic rings. The molecular weight excluding hydrogens is 228 g/mol. The third kappa shape index (κ3) is 2.86. The molecule has 4 heteroatoms. The molecule has 2 N–H and O–H groups in total. The smallest absolute Gasteiger partial charge is 0.239 e. The molecule has 1 saturated heterocycles. The number of amides is 1. The van der Waals surface area contributed by atoms with E-state index in [9.17, 15) is 9.90 Å². The van der Waals surface area contributed by atoms with Crippen molar-refractivity contribution in [1.82, 2.24) is 10.2 Å². The van der Waals surface area contributed by atoms with E-state index in [2.05, 4.69) is 5.32 Å². The predicted octanol–water partition coefficient (Wildman–Crippen LogP) is 0.890. The highest BCUT2D eigenvalue weighted by atomic mass is 16.3. The van der Waals surface area contributed by atoms with Crippen molar-refractivity contribution >= 4 is 5.91 Å². The number of hydrogen-bond acceptors (Lipinski definition) is 3. The Morgan fingerprint density at radius 1 is 1.22 bits per heavy atom. The number of likely N-dealkylation sites (tertiary alicyclic amines) is 1. The van der Waals surface area contributed by atoms with Crippen molar-refractivity contribution in [2.24, 2.45) is 5.92 Å². The fraction of sp³-hybridized carbons (Fsp3) is 0.929. The van der Waals surface area contributed by atoms with E-state index >= 15 is 0 Å². The van der Waals surface area contributed by atoms with Gasteiger partial charge in [0, 0.05) is 19.1 Å². The summed E-state index contributed by atoms with van der Waals surface area (Å²) in [6, 6.07) is 0.682. The van der Waals surface area contributed by atoms with E-state index in [1.165, 1.54) is 19.3 Å². The topological polar surface area (TPSA) is 52.6 Å². The number of carbonyl (C=O) groups is 1. The number of hydrogen-bond donors (Lipinski definition) is 2. The Balaban J connectivity index is 1.49. The summed E-state index contributed by atoms with van der Waals surface area (Å²) in [4.78, 5) is 14.2. The Bertz CT molecular complexity index is 317. The van der Waals surface area contributed by atoms with Crippen LogP contribution in [0.2, 0.25) is 0 Å². The van der Waals surface area contributed by atoms with E-state index in [1.54, 1.807) is 0 Å². The van der Waals surface area contributed by atoms with Gasteiger partial charge in [-0.25, -0.2) is 0 Å². The summed E-state index contributed by atoms with van der Waals surface area (Å²) in [6.07, 6.45) is 7.39. The van der Waals surface area contributed by atoms with Gasteiger partial charge in [-0.15, -0.1) is 0 Å². The normalized spacial score (nSPS) is 37.3. The van der Waals surface area contributed by atoms with Gasteiger partial charge >= 0.3 is 0 Å². The molecule has 3 rings (SSSR count). The van der Waals surface area contributed by atoms with Gasteiger partial charge in [-0.1, -0.05) is 6.42 Å². The number of carbonyl (C=O) groups excluding carboxylic acids is 1. The Morgan fingerprint density at radius 2 is 2.06 bits per heavy atom. The maximum Gasteiger partial charge on any atom is 0.239 e. The van der Waals surface area contributed by atoms with Crippen LogP contribution in [-0.2, 0) is 4.79 Å². The average molecular weight is 252 g/mol. The van der Waals surface area contributed by atoms with Gasteiger partial charge in [-0.3, -0.25) is 4.79 Å². The Labute approximate surface area is 109 Å². The summed E-state index contributed by atoms with van der Waals surface area (Å²) < 4.78 is 0. The average Bonchev–Trinajstić information content (AvgIpc) is 3.10. The first-order chi connectivity index (χ1) is 8.72. The van der Waals surface area contributed by atoms with Crippen LogP contribution < -0.4 is 5.32 Å². The number of aliphatic hydroxyl groups excluding tert-OH is 1. The molecule has 3 atom stereocenters. The van der Waals surface area contributed by atoms with Gasteiger partial charge < -0.3 is 15.3 Å². The third-order valence-corrected chi connectivity index (χ3v) is 4.55. The fourth-order valence-corrected chi connectivity index (χ4v) is 3.35. The molecule has 102 valence electrons. The highest BCUT2D eigenvalue weighted by molar-refractivity contribution is 5.84. The second kappa shape index (κ2) is 5.17. The first kappa shape index (κ1) is 12.4. The minimum absolute atomic E-state index is 0.0750. The SMILES string of the molecule is O=C1C(NC2CC2)CCN1CC1CCCC(O)C1. The minimum Gasteiger partial charge on any atom is -0.393 e. The molecule has 2 aliphatic carbocycles. The van der Waals surface area contributed by atoms with Crippen LogP contribution in [0.5, 0.6) is 0 Å². The first-order valence-corrected chi connectivity index (χ1v) is 7.45. The van der Waals surface area contributed by atoms with E-state index in [-0.39, 0.29) is 12.1 Å². The maximum atomic E-state index is 12.2. The van der Waals surface area contributed by atoms with Crippen molar-refractivity contribution in [3.63, 3.8) is 0 Å². The Hall–Kier alpha value is -0.610. The number of rotatable bonds is 4. The van der Waals surface area contributed by atoms with Gasteiger partial charge in [-0.2, -0.15) is 0 Å². The lowest BCUT2D eigenvalue weighted by Gasteiger charge is -2.29. The summed E-state index contributed by atoms with van der Waals surface area (Å²) in [7, 11) is 0. The van der Waals surface area contributed by atoms with Crippen LogP contribution in [0.3, 0.4) is 0 Å². The summed E-state index contributed by atoms with van der Waals surface area (Å²) in [5, 5.41) is 13.1. The monoisotopic (exact) mass is 252 g/mol. The minimum atomic E-state index is -0.137. The predicted molar refractivity (Wildman–Crippen MR) is 69.1 cm³/mol. The van der Waals surface area contributed by atoms with Gasteiger partial charge in [0.15, 0.2) is 0 Å². The van der Waals surface area contributed by atoms with Crippen molar-refractivity contribution in [3.8, 4) is 0 Å². The van der Waals surface area contributed by atoms with E-state index in [1.807, 2.05) is 4.90 Å². The lowest BCUT2D eigenvalue weighted by Crippen LogP contribution is -2.41. The molecule has 1 amide bonds. The van der Waals surface area contributed by atoms with Gasteiger partial charge in [0.1, 0.15) is 0 Å². The van der Waals surface area contributed by atoms with Crippen LogP contribution in [0.1, 0.15) is 44.9 Å². The molecule has 0 aromatic carbocycles. The highest BCUT2D eigenvalue weighted by Crippen LogP contribution is 2.27. The zero-order valence-corrected chi connectivity index (χ0v) is 11.0. The molecule has 0 spiro atoms. The van der Waals surface area contributed by atoms with E-state index in [0.29, 0.717) is 17.9 Å². The van der Waals surface area contributed by atoms with Crippen molar-refractivity contribution in [1.29, 1.82) is 0 Å². The molecule has 3 unspecified atom stereocenters. The summed E-state index contributed by atoms with van der Waals surface area (Å²) in [5.41, 5.74) is 0.